The highest BCUT2D eigenvalue weighted by atomic mass is 79.9. The summed E-state index contributed by atoms with van der Waals surface area (Å²) in [7, 11) is 0. The van der Waals surface area contributed by atoms with Crippen molar-refractivity contribution in [3.63, 3.8) is 0 Å². The van der Waals surface area contributed by atoms with Gasteiger partial charge in [-0.15, -0.1) is 24.2 Å². The first kappa shape index (κ1) is 51.6. The van der Waals surface area contributed by atoms with Crippen LogP contribution in [0.2, 0.25) is 0 Å². The van der Waals surface area contributed by atoms with Crippen LogP contribution < -0.4 is 0 Å². The van der Waals surface area contributed by atoms with Crippen molar-refractivity contribution in [3.8, 4) is 69.2 Å². The van der Waals surface area contributed by atoms with Gasteiger partial charge < -0.3 is 15.1 Å². The maximum Gasteiger partial charge on any atom is 0.0737 e. The number of nitrogens with one attached hydrogen (secondary N) is 2. The summed E-state index contributed by atoms with van der Waals surface area (Å²) < 4.78 is 1.23. The molecular formula is C67H63BrN4OS. The van der Waals surface area contributed by atoms with Gasteiger partial charge in [0, 0.05) is 66.9 Å². The first-order chi connectivity index (χ1) is 35.9. The third-order valence-electron chi connectivity index (χ3n) is 14.0. The average Bonchev–Trinajstić information content (AvgIpc) is 4.26. The number of halogens is 1. The zero-order chi connectivity index (χ0) is 52.0. The van der Waals surface area contributed by atoms with E-state index in [1.807, 2.05) is 35.6 Å². The molecule has 4 aromatic carbocycles. The zero-order valence-corrected chi connectivity index (χ0v) is 46.0. The lowest BCUT2D eigenvalue weighted by atomic mass is 9.92. The maximum atomic E-state index is 8.86. The number of rotatable bonds is 12. The molecule has 8 bridgehead atoms. The average molecular weight is 1050 g/mol. The molecule has 3 N–H and O–H groups in total. The van der Waals surface area contributed by atoms with Gasteiger partial charge in [0.2, 0.25) is 0 Å². The van der Waals surface area contributed by atoms with Gasteiger partial charge in [0.15, 0.2) is 0 Å². The molecule has 74 heavy (non-hydrogen) atoms. The number of aliphatic hydroxyl groups excluding tert-OH is 1. The number of benzene rings is 4. The Kier molecular flexibility index (Phi) is 16.0. The van der Waals surface area contributed by atoms with Crippen LogP contribution in [0.4, 0.5) is 0 Å². The molecule has 10 rings (SSSR count). The number of aryl methyl sites for hydroxylation is 8. The largest absolute Gasteiger partial charge is 0.396 e. The Labute approximate surface area is 449 Å². The number of aromatic amines is 2. The van der Waals surface area contributed by atoms with E-state index in [1.54, 1.807) is 0 Å². The van der Waals surface area contributed by atoms with E-state index in [9.17, 15) is 0 Å². The SMILES string of the molecule is C#Cc1ccc(-c2c3nc(c(-c4c(C)cc(C)cc4C)c4ccc([nH]4)c(-c4ccc(C#C)cc4)c4nc(c(-c5c(C)cc(C)cc5C)c5ccc2[nH]5)C=C4)C=C3)cc1.CCCCCCc1cc(Br)sc1CCCO. The zero-order valence-electron chi connectivity index (χ0n) is 43.6. The molecule has 0 aliphatic carbocycles. The number of H-pyrrole nitrogens is 2. The molecule has 370 valence electrons. The molecule has 0 fully saturated rings. The van der Waals surface area contributed by atoms with E-state index >= 15 is 0 Å². The Morgan fingerprint density at radius 2 is 0.905 bits per heavy atom. The topological polar surface area (TPSA) is 77.6 Å². The summed E-state index contributed by atoms with van der Waals surface area (Å²) in [5, 5.41) is 8.86. The molecule has 8 aromatic rings. The molecule has 0 unspecified atom stereocenters. The quantitative estimate of drug-likeness (QED) is 0.0843. The summed E-state index contributed by atoms with van der Waals surface area (Å²) in [5.41, 5.74) is 26.0. The molecule has 4 aromatic heterocycles. The van der Waals surface area contributed by atoms with E-state index in [0.29, 0.717) is 6.61 Å². The number of terminal acetylenes is 2. The number of hydrogen-bond acceptors (Lipinski definition) is 4. The first-order valence-electron chi connectivity index (χ1n) is 25.7. The Bertz CT molecular complexity index is 3470. The van der Waals surface area contributed by atoms with Crippen molar-refractivity contribution in [3.05, 3.63) is 185 Å². The van der Waals surface area contributed by atoms with Crippen molar-refractivity contribution in [1.82, 2.24) is 19.9 Å². The number of unbranched alkanes of at least 4 members (excludes halogenated alkanes) is 3. The van der Waals surface area contributed by atoms with E-state index < -0.39 is 0 Å². The second-order valence-electron chi connectivity index (χ2n) is 19.6. The summed E-state index contributed by atoms with van der Waals surface area (Å²) >= 11 is 5.38. The van der Waals surface area contributed by atoms with Crippen LogP contribution in [0.1, 0.15) is 117 Å². The first-order valence-corrected chi connectivity index (χ1v) is 27.3. The standard InChI is InChI=1S/C54H42N4.C13H21BrOS/c1-9-37-11-15-39(16-12-37)51-41-19-23-45(55-41)53(49-33(5)27-31(3)28-34(49)6)47-25-21-43(57-47)52(40-17-13-38(10-2)14-18-40)44-22-26-48(58-44)54(46-24-20-42(51)56-46)50-35(7)29-32(4)30-36(50)8;1-2-3-4-5-7-11-10-13(14)16-12(11)8-6-9-15/h1-2,11-30,55,58H,3-8H3;10,15H,2-9H2,1H3. The summed E-state index contributed by atoms with van der Waals surface area (Å²) in [6.45, 7) is 15.6. The lowest BCUT2D eigenvalue weighted by Crippen LogP contribution is -1.95. The van der Waals surface area contributed by atoms with Crippen molar-refractivity contribution < 1.29 is 5.11 Å². The van der Waals surface area contributed by atoms with Crippen LogP contribution in [0, 0.1) is 66.2 Å². The van der Waals surface area contributed by atoms with Crippen LogP contribution in [0.3, 0.4) is 0 Å². The number of fused-ring (bicyclic) bond motifs is 8. The van der Waals surface area contributed by atoms with Crippen molar-refractivity contribution in [2.45, 2.75) is 93.4 Å². The van der Waals surface area contributed by atoms with Crippen LogP contribution >= 0.6 is 27.3 Å². The van der Waals surface area contributed by atoms with Gasteiger partial charge in [0.1, 0.15) is 0 Å². The van der Waals surface area contributed by atoms with Crippen molar-refractivity contribution in [1.29, 1.82) is 0 Å². The number of thiophene rings is 1. The van der Waals surface area contributed by atoms with Crippen LogP contribution in [-0.4, -0.2) is 31.6 Å². The molecule has 5 nitrogen and oxygen atoms in total. The minimum Gasteiger partial charge on any atom is -0.396 e. The second-order valence-corrected chi connectivity index (χ2v) is 22.1. The van der Waals surface area contributed by atoms with Crippen LogP contribution in [0.25, 0.3) is 90.9 Å². The Morgan fingerprint density at radius 3 is 1.30 bits per heavy atom. The van der Waals surface area contributed by atoms with E-state index in [1.165, 1.54) is 79.7 Å². The Morgan fingerprint density at radius 1 is 0.500 bits per heavy atom. The monoisotopic (exact) mass is 1050 g/mol. The molecule has 0 radical (unpaired) electrons. The van der Waals surface area contributed by atoms with Crippen LogP contribution in [0.5, 0.6) is 0 Å². The van der Waals surface area contributed by atoms with Gasteiger partial charge in [-0.1, -0.05) is 97.7 Å². The lowest BCUT2D eigenvalue weighted by Gasteiger charge is -2.13. The Hall–Kier alpha value is -7.26. The number of aromatic nitrogens is 4. The summed E-state index contributed by atoms with van der Waals surface area (Å²) in [5.74, 6) is 5.55. The fraction of sp³-hybridized carbons (Fsp3) is 0.224. The van der Waals surface area contributed by atoms with Crippen molar-refractivity contribution in [2.75, 3.05) is 6.61 Å². The van der Waals surface area contributed by atoms with Crippen LogP contribution in [0.15, 0.2) is 107 Å². The molecule has 0 spiro atoms. The smallest absolute Gasteiger partial charge is 0.0737 e. The van der Waals surface area contributed by atoms with E-state index in [0.717, 1.165) is 113 Å². The van der Waals surface area contributed by atoms with Gasteiger partial charge in [-0.05, 0) is 212 Å². The maximum absolute atomic E-state index is 8.86. The molecule has 0 atom stereocenters. The molecule has 0 amide bonds. The number of aliphatic hydroxyl groups is 1. The van der Waals surface area contributed by atoms with Crippen molar-refractivity contribution in [2.24, 2.45) is 0 Å². The predicted octanol–water partition coefficient (Wildman–Crippen LogP) is 17.7. The van der Waals surface area contributed by atoms with E-state index in [2.05, 4.69) is 189 Å². The fourth-order valence-corrected chi connectivity index (χ4v) is 12.6. The number of hydrogen-bond donors (Lipinski definition) is 3. The molecule has 0 saturated carbocycles. The van der Waals surface area contributed by atoms with Gasteiger partial charge in [0.25, 0.3) is 0 Å². The molecular weight excluding hydrogens is 989 g/mol. The fourth-order valence-electron chi connectivity index (χ4n) is 10.8. The second kappa shape index (κ2) is 22.9. The van der Waals surface area contributed by atoms with Gasteiger partial charge in [0.05, 0.1) is 26.6 Å². The lowest BCUT2D eigenvalue weighted by molar-refractivity contribution is 0.289. The van der Waals surface area contributed by atoms with Crippen molar-refractivity contribution >= 4 is 73.6 Å². The molecule has 2 aliphatic heterocycles. The Balaban J connectivity index is 0.000000361. The van der Waals surface area contributed by atoms with E-state index in [-0.39, 0.29) is 0 Å². The molecule has 7 heteroatoms. The highest BCUT2D eigenvalue weighted by Gasteiger charge is 2.22. The summed E-state index contributed by atoms with van der Waals surface area (Å²) in [4.78, 5) is 20.2. The van der Waals surface area contributed by atoms with Gasteiger partial charge in [-0.3, -0.25) is 0 Å². The molecule has 6 heterocycles. The summed E-state index contributed by atoms with van der Waals surface area (Å²) in [6.07, 6.45) is 28.6. The van der Waals surface area contributed by atoms with Gasteiger partial charge in [-0.2, -0.15) is 0 Å². The normalized spacial score (nSPS) is 11.6. The van der Waals surface area contributed by atoms with Gasteiger partial charge in [-0.25, -0.2) is 9.97 Å². The third kappa shape index (κ3) is 11.0. The predicted molar refractivity (Wildman–Crippen MR) is 320 cm³/mol. The summed E-state index contributed by atoms with van der Waals surface area (Å²) in [6, 6.07) is 36.2. The highest BCUT2D eigenvalue weighted by Crippen LogP contribution is 2.41. The molecule has 2 aliphatic rings. The molecule has 0 saturated heterocycles. The minimum absolute atomic E-state index is 0.296. The van der Waals surface area contributed by atoms with Crippen LogP contribution in [-0.2, 0) is 12.8 Å². The third-order valence-corrected chi connectivity index (χ3v) is 15.8. The van der Waals surface area contributed by atoms with E-state index in [4.69, 9.17) is 27.9 Å². The highest BCUT2D eigenvalue weighted by molar-refractivity contribution is 9.11. The minimum atomic E-state index is 0.296. The van der Waals surface area contributed by atoms with Gasteiger partial charge >= 0.3 is 0 Å². The number of nitrogens with zero attached hydrogens (tertiary/aromatic N) is 2.